The van der Waals surface area contributed by atoms with E-state index in [0.29, 0.717) is 0 Å². The number of halogens is 1. The summed E-state index contributed by atoms with van der Waals surface area (Å²) in [6, 6.07) is 0. The van der Waals surface area contributed by atoms with Gasteiger partial charge in [0.1, 0.15) is 16.7 Å². The second-order valence-electron chi connectivity index (χ2n) is 3.20. The molecular formula is C8H10BrN5. The third kappa shape index (κ3) is 1.26. The van der Waals surface area contributed by atoms with Gasteiger partial charge >= 0.3 is 0 Å². The topological polar surface area (TPSA) is 46.8 Å². The van der Waals surface area contributed by atoms with Gasteiger partial charge in [-0.05, 0) is 15.9 Å². The number of rotatable bonds is 1. The Balaban J connectivity index is 2.85. The Morgan fingerprint density at radius 2 is 2.07 bits per heavy atom. The summed E-state index contributed by atoms with van der Waals surface area (Å²) in [7, 11) is 5.75. The van der Waals surface area contributed by atoms with Crippen molar-refractivity contribution in [2.45, 2.75) is 0 Å². The summed E-state index contributed by atoms with van der Waals surface area (Å²) in [4.78, 5) is 10.3. The van der Waals surface area contributed by atoms with Crippen LogP contribution in [-0.2, 0) is 7.05 Å². The molecule has 0 unspecified atom stereocenters. The molecule has 0 atom stereocenters. The van der Waals surface area contributed by atoms with Gasteiger partial charge in [-0.1, -0.05) is 0 Å². The zero-order chi connectivity index (χ0) is 10.3. The molecule has 74 valence electrons. The van der Waals surface area contributed by atoms with Crippen LogP contribution in [0, 0.1) is 0 Å². The zero-order valence-corrected chi connectivity index (χ0v) is 9.78. The van der Waals surface area contributed by atoms with Crippen LogP contribution < -0.4 is 4.90 Å². The Kier molecular flexibility index (Phi) is 2.14. The van der Waals surface area contributed by atoms with Crippen LogP contribution in [0.1, 0.15) is 0 Å². The molecule has 0 spiro atoms. The van der Waals surface area contributed by atoms with Crippen LogP contribution in [0.4, 0.5) is 5.82 Å². The molecule has 0 saturated carbocycles. The molecule has 0 fully saturated rings. The maximum Gasteiger partial charge on any atom is 0.164 e. The summed E-state index contributed by atoms with van der Waals surface area (Å²) in [5.74, 6) is 0.870. The minimum Gasteiger partial charge on any atom is -0.362 e. The van der Waals surface area contributed by atoms with Crippen LogP contribution in [0.25, 0.3) is 11.0 Å². The van der Waals surface area contributed by atoms with E-state index in [-0.39, 0.29) is 0 Å². The molecule has 2 heterocycles. The molecule has 6 heteroatoms. The predicted molar refractivity (Wildman–Crippen MR) is 58.3 cm³/mol. The van der Waals surface area contributed by atoms with Crippen molar-refractivity contribution in [3.05, 3.63) is 10.9 Å². The first-order valence-corrected chi connectivity index (χ1v) is 4.91. The third-order valence-corrected chi connectivity index (χ3v) is 2.54. The number of nitrogens with zero attached hydrogens (tertiary/aromatic N) is 5. The average molecular weight is 256 g/mol. The fourth-order valence-electron chi connectivity index (χ4n) is 1.37. The largest absolute Gasteiger partial charge is 0.362 e. The van der Waals surface area contributed by atoms with Crippen molar-refractivity contribution in [2.24, 2.45) is 7.05 Å². The highest BCUT2D eigenvalue weighted by Gasteiger charge is 2.13. The van der Waals surface area contributed by atoms with Gasteiger partial charge in [0.05, 0.1) is 5.39 Å². The quantitative estimate of drug-likeness (QED) is 0.769. The second kappa shape index (κ2) is 3.20. The summed E-state index contributed by atoms with van der Waals surface area (Å²) in [5.41, 5.74) is 0.829. The Bertz CT molecular complexity index is 476. The molecule has 0 aliphatic rings. The number of aryl methyl sites for hydroxylation is 1. The highest BCUT2D eigenvalue weighted by Crippen LogP contribution is 2.27. The fourth-order valence-corrected chi connectivity index (χ4v) is 1.96. The maximum atomic E-state index is 4.24. The summed E-state index contributed by atoms with van der Waals surface area (Å²) in [6.07, 6.45) is 1.55. The number of aromatic nitrogens is 4. The first-order valence-electron chi connectivity index (χ1n) is 4.12. The van der Waals surface area contributed by atoms with E-state index in [2.05, 4.69) is 31.0 Å². The highest BCUT2D eigenvalue weighted by atomic mass is 79.9. The molecule has 0 aliphatic heterocycles. The van der Waals surface area contributed by atoms with Crippen molar-refractivity contribution in [1.29, 1.82) is 0 Å². The van der Waals surface area contributed by atoms with Crippen LogP contribution >= 0.6 is 15.9 Å². The summed E-state index contributed by atoms with van der Waals surface area (Å²) in [5, 5.41) is 5.18. The van der Waals surface area contributed by atoms with Gasteiger partial charge in [0.25, 0.3) is 0 Å². The third-order valence-electron chi connectivity index (χ3n) is 1.98. The molecule has 0 N–H and O–H groups in total. The zero-order valence-electron chi connectivity index (χ0n) is 8.19. The molecule has 0 aliphatic carbocycles. The monoisotopic (exact) mass is 255 g/mol. The molecular weight excluding hydrogens is 246 g/mol. The Morgan fingerprint density at radius 1 is 1.36 bits per heavy atom. The van der Waals surface area contributed by atoms with E-state index in [1.807, 2.05) is 26.0 Å². The predicted octanol–water partition coefficient (Wildman–Crippen LogP) is 1.19. The van der Waals surface area contributed by atoms with Gasteiger partial charge in [0.15, 0.2) is 5.65 Å². The molecule has 0 radical (unpaired) electrons. The molecule has 2 aromatic rings. The number of hydrogen-bond donors (Lipinski definition) is 0. The molecule has 0 aromatic carbocycles. The van der Waals surface area contributed by atoms with E-state index < -0.39 is 0 Å². The van der Waals surface area contributed by atoms with Gasteiger partial charge in [0.2, 0.25) is 0 Å². The van der Waals surface area contributed by atoms with Gasteiger partial charge < -0.3 is 4.90 Å². The smallest absolute Gasteiger partial charge is 0.164 e. The first kappa shape index (κ1) is 9.39. The summed E-state index contributed by atoms with van der Waals surface area (Å²) < 4.78 is 2.51. The Labute approximate surface area is 89.9 Å². The van der Waals surface area contributed by atoms with Crippen molar-refractivity contribution in [3.8, 4) is 0 Å². The number of fused-ring (bicyclic) bond motifs is 1. The Morgan fingerprint density at radius 3 is 2.71 bits per heavy atom. The number of anilines is 1. The summed E-state index contributed by atoms with van der Waals surface area (Å²) >= 11 is 3.40. The van der Waals surface area contributed by atoms with Crippen LogP contribution in [-0.4, -0.2) is 33.8 Å². The van der Waals surface area contributed by atoms with E-state index >= 15 is 0 Å². The SMILES string of the molecule is CN(C)c1ncnc2c1c(Br)nn2C. The normalized spacial score (nSPS) is 10.9. The van der Waals surface area contributed by atoms with Crippen LogP contribution in [0.15, 0.2) is 10.9 Å². The van der Waals surface area contributed by atoms with Gasteiger partial charge in [0, 0.05) is 21.1 Å². The van der Waals surface area contributed by atoms with E-state index in [1.165, 1.54) is 0 Å². The first-order chi connectivity index (χ1) is 6.61. The van der Waals surface area contributed by atoms with Crippen LogP contribution in [0.5, 0.6) is 0 Å². The van der Waals surface area contributed by atoms with E-state index in [1.54, 1.807) is 11.0 Å². The molecule has 2 aromatic heterocycles. The van der Waals surface area contributed by atoms with Crippen LogP contribution in [0.3, 0.4) is 0 Å². The van der Waals surface area contributed by atoms with Gasteiger partial charge in [-0.25, -0.2) is 14.6 Å². The highest BCUT2D eigenvalue weighted by molar-refractivity contribution is 9.10. The number of hydrogen-bond acceptors (Lipinski definition) is 4. The minimum absolute atomic E-state index is 0.777. The molecule has 5 nitrogen and oxygen atoms in total. The van der Waals surface area contributed by atoms with E-state index in [4.69, 9.17) is 0 Å². The summed E-state index contributed by atoms with van der Waals surface area (Å²) in [6.45, 7) is 0. The minimum atomic E-state index is 0.777. The van der Waals surface area contributed by atoms with Gasteiger partial charge in [-0.3, -0.25) is 0 Å². The maximum absolute atomic E-state index is 4.24. The second-order valence-corrected chi connectivity index (χ2v) is 3.96. The van der Waals surface area contributed by atoms with Crippen molar-refractivity contribution < 1.29 is 0 Å². The fraction of sp³-hybridized carbons (Fsp3) is 0.375. The van der Waals surface area contributed by atoms with E-state index in [0.717, 1.165) is 21.5 Å². The standard InChI is InChI=1S/C8H10BrN5/c1-13(2)7-5-6(9)12-14(3)8(5)11-4-10-7/h4H,1-3H3. The van der Waals surface area contributed by atoms with Crippen molar-refractivity contribution in [3.63, 3.8) is 0 Å². The van der Waals surface area contributed by atoms with Crippen molar-refractivity contribution in [1.82, 2.24) is 19.7 Å². The van der Waals surface area contributed by atoms with Crippen LogP contribution in [0.2, 0.25) is 0 Å². The van der Waals surface area contributed by atoms with Gasteiger partial charge in [-0.2, -0.15) is 5.10 Å². The molecule has 2 rings (SSSR count). The Hall–Kier alpha value is -1.17. The van der Waals surface area contributed by atoms with Crippen molar-refractivity contribution in [2.75, 3.05) is 19.0 Å². The lowest BCUT2D eigenvalue weighted by Crippen LogP contribution is -2.11. The lowest BCUT2D eigenvalue weighted by molar-refractivity contribution is 0.777. The van der Waals surface area contributed by atoms with Gasteiger partial charge in [-0.15, -0.1) is 0 Å². The molecule has 0 amide bonds. The van der Waals surface area contributed by atoms with Crippen molar-refractivity contribution >= 4 is 32.8 Å². The van der Waals surface area contributed by atoms with E-state index in [9.17, 15) is 0 Å². The molecule has 0 saturated heterocycles. The lowest BCUT2D eigenvalue weighted by Gasteiger charge is -2.11. The average Bonchev–Trinajstić information content (AvgIpc) is 2.43. The molecule has 0 bridgehead atoms. The lowest BCUT2D eigenvalue weighted by atomic mass is 10.4. The molecule has 14 heavy (non-hydrogen) atoms.